The summed E-state index contributed by atoms with van der Waals surface area (Å²) in [6, 6.07) is 2.11. The van der Waals surface area contributed by atoms with E-state index in [-0.39, 0.29) is 5.28 Å². The van der Waals surface area contributed by atoms with E-state index < -0.39 is 16.4 Å². The fourth-order valence-corrected chi connectivity index (χ4v) is 1.49. The van der Waals surface area contributed by atoms with Gasteiger partial charge in [0.2, 0.25) is 11.1 Å². The molecule has 5 nitrogen and oxygen atoms in total. The van der Waals surface area contributed by atoms with Gasteiger partial charge in [-0.1, -0.05) is 0 Å². The average Bonchev–Trinajstić information content (AvgIpc) is 2.43. The first-order valence-corrected chi connectivity index (χ1v) is 4.34. The number of hydrogen-bond acceptors (Lipinski definition) is 3. The predicted molar refractivity (Wildman–Crippen MR) is 52.3 cm³/mol. The molecule has 0 spiro atoms. The Morgan fingerprint density at radius 1 is 1.60 bits per heavy atom. The molecule has 0 saturated carbocycles. The van der Waals surface area contributed by atoms with Crippen molar-refractivity contribution in [2.24, 2.45) is 7.05 Å². The number of nitro benzene ring substituents is 1. The number of hydrogen-bond donors (Lipinski definition) is 0. The summed E-state index contributed by atoms with van der Waals surface area (Å²) in [6.45, 7) is 0. The molecule has 0 bridgehead atoms. The van der Waals surface area contributed by atoms with Crippen LogP contribution in [0.15, 0.2) is 12.1 Å². The fourth-order valence-electron chi connectivity index (χ4n) is 1.31. The van der Waals surface area contributed by atoms with Crippen LogP contribution in [0.5, 0.6) is 0 Å². The molecule has 15 heavy (non-hydrogen) atoms. The summed E-state index contributed by atoms with van der Waals surface area (Å²) in [7, 11) is 1.60. The zero-order valence-electron chi connectivity index (χ0n) is 7.57. The minimum Gasteiger partial charge on any atom is -0.318 e. The van der Waals surface area contributed by atoms with Crippen LogP contribution in [0, 0.1) is 15.9 Å². The van der Waals surface area contributed by atoms with Gasteiger partial charge in [0.25, 0.3) is 0 Å². The van der Waals surface area contributed by atoms with Crippen LogP contribution < -0.4 is 0 Å². The van der Waals surface area contributed by atoms with Crippen LogP contribution in [-0.2, 0) is 7.05 Å². The van der Waals surface area contributed by atoms with Gasteiger partial charge < -0.3 is 4.57 Å². The molecule has 0 amide bonds. The highest BCUT2D eigenvalue weighted by molar-refractivity contribution is 6.29. The average molecular weight is 230 g/mol. The summed E-state index contributed by atoms with van der Waals surface area (Å²) in [4.78, 5) is 13.5. The van der Waals surface area contributed by atoms with Crippen molar-refractivity contribution < 1.29 is 9.31 Å². The van der Waals surface area contributed by atoms with Crippen LogP contribution in [0.1, 0.15) is 0 Å². The van der Waals surface area contributed by atoms with Crippen molar-refractivity contribution in [3.05, 3.63) is 33.3 Å². The molecule has 0 fully saturated rings. The molecule has 1 heterocycles. The first kappa shape index (κ1) is 9.85. The molecule has 0 aliphatic carbocycles. The van der Waals surface area contributed by atoms with Crippen molar-refractivity contribution in [2.45, 2.75) is 0 Å². The molecular formula is C8H5ClFN3O2. The lowest BCUT2D eigenvalue weighted by atomic mass is 10.2. The van der Waals surface area contributed by atoms with Crippen molar-refractivity contribution in [3.8, 4) is 0 Å². The van der Waals surface area contributed by atoms with E-state index in [1.165, 1.54) is 4.57 Å². The summed E-state index contributed by atoms with van der Waals surface area (Å²) < 4.78 is 14.7. The molecule has 0 radical (unpaired) electrons. The maximum atomic E-state index is 13.2. The van der Waals surface area contributed by atoms with E-state index in [2.05, 4.69) is 4.98 Å². The summed E-state index contributed by atoms with van der Waals surface area (Å²) in [5.74, 6) is -0.896. The van der Waals surface area contributed by atoms with Crippen LogP contribution in [0.2, 0.25) is 5.28 Å². The third-order valence-electron chi connectivity index (χ3n) is 2.09. The number of fused-ring (bicyclic) bond motifs is 1. The van der Waals surface area contributed by atoms with E-state index in [4.69, 9.17) is 11.6 Å². The third-order valence-corrected chi connectivity index (χ3v) is 2.43. The van der Waals surface area contributed by atoms with Crippen molar-refractivity contribution in [1.82, 2.24) is 9.55 Å². The zero-order chi connectivity index (χ0) is 11.2. The standard InChI is InChI=1S/C8H5ClFN3O2/c1-12-7-2-4(10)6(13(14)15)3-5(7)11-8(12)9/h2-3H,1H3. The lowest BCUT2D eigenvalue weighted by Crippen LogP contribution is -1.93. The predicted octanol–water partition coefficient (Wildman–Crippen LogP) is 2.27. The number of aryl methyl sites for hydroxylation is 1. The maximum Gasteiger partial charge on any atom is 0.307 e. The van der Waals surface area contributed by atoms with Crippen molar-refractivity contribution in [3.63, 3.8) is 0 Å². The molecule has 2 rings (SSSR count). The number of rotatable bonds is 1. The van der Waals surface area contributed by atoms with Gasteiger partial charge in [-0.3, -0.25) is 10.1 Å². The molecule has 1 aromatic heterocycles. The quantitative estimate of drug-likeness (QED) is 0.557. The SMILES string of the molecule is Cn1c(Cl)nc2cc([N+](=O)[O-])c(F)cc21. The third kappa shape index (κ3) is 1.42. The topological polar surface area (TPSA) is 61.0 Å². The highest BCUT2D eigenvalue weighted by atomic mass is 35.5. The number of benzene rings is 1. The highest BCUT2D eigenvalue weighted by Crippen LogP contribution is 2.25. The molecule has 7 heteroatoms. The molecule has 0 atom stereocenters. The van der Waals surface area contributed by atoms with E-state index in [0.717, 1.165) is 12.1 Å². The van der Waals surface area contributed by atoms with E-state index in [1.807, 2.05) is 0 Å². The number of nitrogens with zero attached hydrogens (tertiary/aromatic N) is 3. The Labute approximate surface area is 88.2 Å². The molecule has 1 aromatic carbocycles. The molecule has 0 aliphatic heterocycles. The van der Waals surface area contributed by atoms with E-state index in [0.29, 0.717) is 11.0 Å². The molecule has 78 valence electrons. The number of aromatic nitrogens is 2. The van der Waals surface area contributed by atoms with Gasteiger partial charge in [0, 0.05) is 19.2 Å². The van der Waals surface area contributed by atoms with E-state index >= 15 is 0 Å². The van der Waals surface area contributed by atoms with E-state index in [1.54, 1.807) is 7.05 Å². The molecule has 2 aromatic rings. The Balaban J connectivity index is 2.82. The summed E-state index contributed by atoms with van der Waals surface area (Å²) in [5.41, 5.74) is 0.121. The van der Waals surface area contributed by atoms with Gasteiger partial charge in [0.15, 0.2) is 0 Å². The van der Waals surface area contributed by atoms with Crippen LogP contribution >= 0.6 is 11.6 Å². The Bertz CT molecular complexity index is 567. The second-order valence-corrected chi connectivity index (χ2v) is 3.33. The monoisotopic (exact) mass is 229 g/mol. The van der Waals surface area contributed by atoms with Crippen molar-refractivity contribution in [2.75, 3.05) is 0 Å². The van der Waals surface area contributed by atoms with Gasteiger partial charge >= 0.3 is 5.69 Å². The fraction of sp³-hybridized carbons (Fsp3) is 0.125. The van der Waals surface area contributed by atoms with Gasteiger partial charge in [0.1, 0.15) is 0 Å². The minimum atomic E-state index is -0.896. The van der Waals surface area contributed by atoms with Crippen LogP contribution in [0.4, 0.5) is 10.1 Å². The lowest BCUT2D eigenvalue weighted by Gasteiger charge is -1.96. The Kier molecular flexibility index (Phi) is 2.08. The molecule has 0 aliphatic rings. The summed E-state index contributed by atoms with van der Waals surface area (Å²) >= 11 is 5.70. The highest BCUT2D eigenvalue weighted by Gasteiger charge is 2.18. The van der Waals surface area contributed by atoms with Crippen molar-refractivity contribution in [1.29, 1.82) is 0 Å². The van der Waals surface area contributed by atoms with Gasteiger partial charge in [-0.15, -0.1) is 0 Å². The summed E-state index contributed by atoms with van der Waals surface area (Å²) in [5, 5.41) is 10.6. The second-order valence-electron chi connectivity index (χ2n) is 2.99. The minimum absolute atomic E-state index is 0.157. The van der Waals surface area contributed by atoms with Crippen molar-refractivity contribution >= 4 is 28.3 Å². The van der Waals surface area contributed by atoms with Crippen LogP contribution in [0.3, 0.4) is 0 Å². The first-order chi connectivity index (χ1) is 7.00. The smallest absolute Gasteiger partial charge is 0.307 e. The molecule has 0 saturated heterocycles. The Morgan fingerprint density at radius 3 is 2.87 bits per heavy atom. The molecule has 0 N–H and O–H groups in total. The van der Waals surface area contributed by atoms with Crippen LogP contribution in [-0.4, -0.2) is 14.5 Å². The first-order valence-electron chi connectivity index (χ1n) is 3.96. The largest absolute Gasteiger partial charge is 0.318 e. The maximum absolute atomic E-state index is 13.2. The van der Waals surface area contributed by atoms with Crippen LogP contribution in [0.25, 0.3) is 11.0 Å². The normalized spacial score (nSPS) is 10.9. The number of imidazole rings is 1. The van der Waals surface area contributed by atoms with Gasteiger partial charge in [-0.25, -0.2) is 4.98 Å². The van der Waals surface area contributed by atoms with Gasteiger partial charge in [-0.05, 0) is 11.6 Å². The Morgan fingerprint density at radius 2 is 2.27 bits per heavy atom. The van der Waals surface area contributed by atoms with E-state index in [9.17, 15) is 14.5 Å². The lowest BCUT2D eigenvalue weighted by molar-refractivity contribution is -0.387. The van der Waals surface area contributed by atoms with Gasteiger partial charge in [-0.2, -0.15) is 4.39 Å². The molecule has 0 unspecified atom stereocenters. The zero-order valence-corrected chi connectivity index (χ0v) is 8.32. The number of nitro groups is 1. The molecular weight excluding hydrogens is 225 g/mol. The summed E-state index contributed by atoms with van der Waals surface area (Å²) in [6.07, 6.45) is 0. The second kappa shape index (κ2) is 3.16. The number of halogens is 2. The van der Waals surface area contributed by atoms with Gasteiger partial charge in [0.05, 0.1) is 16.0 Å². The Hall–Kier alpha value is -1.69.